The van der Waals surface area contributed by atoms with Gasteiger partial charge in [-0.25, -0.2) is 9.97 Å². The fraction of sp³-hybridized carbons (Fsp3) is 0.545. The number of nitrogens with zero attached hydrogens (tertiary/aromatic N) is 6. The summed E-state index contributed by atoms with van der Waals surface area (Å²) in [6.07, 6.45) is 0. The van der Waals surface area contributed by atoms with Crippen LogP contribution < -0.4 is 0 Å². The highest BCUT2D eigenvalue weighted by Crippen LogP contribution is 2.17. The van der Waals surface area contributed by atoms with E-state index in [-0.39, 0.29) is 0 Å². The molecule has 0 unspecified atom stereocenters. The Labute approximate surface area is 168 Å². The third-order valence-corrected chi connectivity index (χ3v) is 5.84. The summed E-state index contributed by atoms with van der Waals surface area (Å²) >= 11 is 0. The summed E-state index contributed by atoms with van der Waals surface area (Å²) in [6, 6.07) is 12.7. The Morgan fingerprint density at radius 3 is 1.36 bits per heavy atom. The SMILES string of the molecule is CN1CCN2CCN(C)CCN(CC1)Cc1cccc(n1)-c1cccc(n1)C2. The van der Waals surface area contributed by atoms with Crippen molar-refractivity contribution in [2.24, 2.45) is 0 Å². The second-order valence-electron chi connectivity index (χ2n) is 8.19. The second kappa shape index (κ2) is 9.09. The molecule has 0 radical (unpaired) electrons. The summed E-state index contributed by atoms with van der Waals surface area (Å²) in [7, 11) is 4.48. The van der Waals surface area contributed by atoms with Gasteiger partial charge in [-0.05, 0) is 38.4 Å². The van der Waals surface area contributed by atoms with Gasteiger partial charge in [0.25, 0.3) is 0 Å². The number of hydrogen-bond donors (Lipinski definition) is 0. The van der Waals surface area contributed by atoms with Crippen molar-refractivity contribution in [2.75, 3.05) is 66.5 Å². The van der Waals surface area contributed by atoms with Crippen molar-refractivity contribution >= 4 is 0 Å². The highest BCUT2D eigenvalue weighted by atomic mass is 15.3. The quantitative estimate of drug-likeness (QED) is 0.692. The molecule has 2 aromatic rings. The van der Waals surface area contributed by atoms with E-state index in [0.717, 1.165) is 88.2 Å². The van der Waals surface area contributed by atoms with Gasteiger partial charge in [0.2, 0.25) is 0 Å². The fourth-order valence-electron chi connectivity index (χ4n) is 3.89. The number of aromatic nitrogens is 2. The van der Waals surface area contributed by atoms with Crippen LogP contribution >= 0.6 is 0 Å². The zero-order chi connectivity index (χ0) is 19.3. The molecule has 6 nitrogen and oxygen atoms in total. The molecule has 1 fully saturated rings. The maximum atomic E-state index is 4.94. The van der Waals surface area contributed by atoms with Crippen LogP contribution in [0.4, 0.5) is 0 Å². The molecule has 28 heavy (non-hydrogen) atoms. The van der Waals surface area contributed by atoms with Gasteiger partial charge in [0, 0.05) is 65.4 Å². The molecule has 2 aromatic heterocycles. The molecule has 150 valence electrons. The predicted octanol–water partition coefficient (Wildman–Crippen LogP) is 1.64. The maximum Gasteiger partial charge on any atom is 0.0890 e. The van der Waals surface area contributed by atoms with Crippen molar-refractivity contribution in [3.05, 3.63) is 47.8 Å². The summed E-state index contributed by atoms with van der Waals surface area (Å²) in [6.45, 7) is 10.4. The second-order valence-corrected chi connectivity index (χ2v) is 8.19. The van der Waals surface area contributed by atoms with E-state index in [1.165, 1.54) is 0 Å². The highest BCUT2D eigenvalue weighted by molar-refractivity contribution is 5.54. The molecule has 0 N–H and O–H groups in total. The van der Waals surface area contributed by atoms with Crippen LogP contribution in [-0.2, 0) is 13.1 Å². The van der Waals surface area contributed by atoms with Crippen LogP contribution in [0.5, 0.6) is 0 Å². The third-order valence-electron chi connectivity index (χ3n) is 5.84. The number of fused-ring (bicyclic) bond motifs is 8. The van der Waals surface area contributed by atoms with E-state index in [2.05, 4.69) is 70.1 Å². The molecule has 0 aliphatic carbocycles. The minimum Gasteiger partial charge on any atom is -0.304 e. The van der Waals surface area contributed by atoms with Crippen molar-refractivity contribution in [1.82, 2.24) is 29.6 Å². The Morgan fingerprint density at radius 2 is 0.964 bits per heavy atom. The molecule has 0 aromatic carbocycles. The third kappa shape index (κ3) is 5.14. The first-order valence-electron chi connectivity index (χ1n) is 10.4. The lowest BCUT2D eigenvalue weighted by Crippen LogP contribution is -2.43. The van der Waals surface area contributed by atoms with E-state index in [1.54, 1.807) is 0 Å². The molecule has 3 aliphatic heterocycles. The zero-order valence-electron chi connectivity index (χ0n) is 17.2. The van der Waals surface area contributed by atoms with Gasteiger partial charge in [-0.15, -0.1) is 0 Å². The Balaban J connectivity index is 1.73. The number of rotatable bonds is 0. The van der Waals surface area contributed by atoms with Gasteiger partial charge >= 0.3 is 0 Å². The van der Waals surface area contributed by atoms with Crippen molar-refractivity contribution in [3.8, 4) is 11.4 Å². The molecule has 0 spiro atoms. The zero-order valence-corrected chi connectivity index (χ0v) is 17.2. The van der Waals surface area contributed by atoms with E-state index in [0.29, 0.717) is 0 Å². The molecular weight excluding hydrogens is 348 g/mol. The van der Waals surface area contributed by atoms with Crippen LogP contribution in [-0.4, -0.2) is 96.0 Å². The molecular formula is C22H32N6. The highest BCUT2D eigenvalue weighted by Gasteiger charge is 2.16. The molecule has 6 bridgehead atoms. The van der Waals surface area contributed by atoms with E-state index >= 15 is 0 Å². The fourth-order valence-corrected chi connectivity index (χ4v) is 3.89. The Bertz CT molecular complexity index is 698. The lowest BCUT2D eigenvalue weighted by Gasteiger charge is -2.31. The topological polar surface area (TPSA) is 38.7 Å². The first-order valence-corrected chi connectivity index (χ1v) is 10.4. The summed E-state index contributed by atoms with van der Waals surface area (Å²) in [5, 5.41) is 0. The van der Waals surface area contributed by atoms with Crippen LogP contribution in [0.15, 0.2) is 36.4 Å². The minimum absolute atomic E-state index is 0.890. The van der Waals surface area contributed by atoms with E-state index < -0.39 is 0 Å². The van der Waals surface area contributed by atoms with Gasteiger partial charge in [0.05, 0.1) is 22.8 Å². The van der Waals surface area contributed by atoms with Crippen molar-refractivity contribution in [1.29, 1.82) is 0 Å². The average Bonchev–Trinajstić information content (AvgIpc) is 2.71. The van der Waals surface area contributed by atoms with Crippen LogP contribution in [0.3, 0.4) is 0 Å². The molecule has 6 heteroatoms. The van der Waals surface area contributed by atoms with Crippen LogP contribution in [0, 0.1) is 0 Å². The summed E-state index contributed by atoms with van der Waals surface area (Å²) < 4.78 is 0. The van der Waals surface area contributed by atoms with E-state index in [9.17, 15) is 0 Å². The number of pyridine rings is 2. The Kier molecular flexibility index (Phi) is 6.32. The van der Waals surface area contributed by atoms with Crippen LogP contribution in [0.1, 0.15) is 11.4 Å². The molecule has 1 saturated heterocycles. The van der Waals surface area contributed by atoms with E-state index in [4.69, 9.17) is 9.97 Å². The summed E-state index contributed by atoms with van der Waals surface area (Å²) in [4.78, 5) is 19.9. The normalized spacial score (nSPS) is 25.2. The lowest BCUT2D eigenvalue weighted by molar-refractivity contribution is 0.147. The summed E-state index contributed by atoms with van der Waals surface area (Å²) in [5.41, 5.74) is 4.21. The van der Waals surface area contributed by atoms with Gasteiger partial charge in [0.15, 0.2) is 0 Å². The van der Waals surface area contributed by atoms with Crippen molar-refractivity contribution in [2.45, 2.75) is 13.1 Å². The number of hydrogen-bond acceptors (Lipinski definition) is 6. The lowest BCUT2D eigenvalue weighted by atomic mass is 10.2. The number of likely N-dealkylation sites (N-methyl/N-ethyl adjacent to an activating group) is 2. The maximum absolute atomic E-state index is 4.94. The van der Waals surface area contributed by atoms with Gasteiger partial charge < -0.3 is 9.80 Å². The van der Waals surface area contributed by atoms with E-state index in [1.807, 2.05) is 0 Å². The molecule has 5 rings (SSSR count). The first kappa shape index (κ1) is 19.5. The smallest absolute Gasteiger partial charge is 0.0890 e. The van der Waals surface area contributed by atoms with Crippen molar-refractivity contribution < 1.29 is 0 Å². The molecule has 0 amide bonds. The minimum atomic E-state index is 0.890. The van der Waals surface area contributed by atoms with Gasteiger partial charge in [0.1, 0.15) is 0 Å². The Hall–Kier alpha value is -1.86. The largest absolute Gasteiger partial charge is 0.304 e. The van der Waals surface area contributed by atoms with Crippen molar-refractivity contribution in [3.63, 3.8) is 0 Å². The standard InChI is InChI=1S/C22H32N6/c1-25-9-13-27-15-11-26(2)12-16-28(14-10-25)18-20-6-4-8-22(24-20)21-7-3-5-19(17-27)23-21/h3-8H,9-18H2,1-2H3. The monoisotopic (exact) mass is 380 g/mol. The van der Waals surface area contributed by atoms with Crippen LogP contribution in [0.25, 0.3) is 11.4 Å². The van der Waals surface area contributed by atoms with Crippen LogP contribution in [0.2, 0.25) is 0 Å². The average molecular weight is 381 g/mol. The first-order chi connectivity index (χ1) is 13.7. The van der Waals surface area contributed by atoms with Gasteiger partial charge in [-0.2, -0.15) is 0 Å². The molecule has 5 heterocycles. The van der Waals surface area contributed by atoms with Gasteiger partial charge in [-0.1, -0.05) is 12.1 Å². The molecule has 0 atom stereocenters. The molecule has 0 saturated carbocycles. The van der Waals surface area contributed by atoms with Gasteiger partial charge in [-0.3, -0.25) is 9.80 Å². The Morgan fingerprint density at radius 1 is 0.571 bits per heavy atom. The predicted molar refractivity (Wildman–Crippen MR) is 113 cm³/mol. The summed E-state index contributed by atoms with van der Waals surface area (Å²) in [5.74, 6) is 0. The molecule has 3 aliphatic rings.